The van der Waals surface area contributed by atoms with Crippen molar-refractivity contribution in [2.45, 2.75) is 0 Å². The number of nitrogens with two attached hydrogens (primary N) is 1. The quantitative estimate of drug-likeness (QED) is 0.437. The maximum Gasteiger partial charge on any atom is 0.0928 e. The fourth-order valence-corrected chi connectivity index (χ4v) is 3.02. The highest BCUT2D eigenvalue weighted by Gasteiger charge is 1.99. The van der Waals surface area contributed by atoms with E-state index in [4.69, 9.17) is 5.73 Å². The second-order valence-electron chi connectivity index (χ2n) is 4.73. The van der Waals surface area contributed by atoms with Gasteiger partial charge in [-0.05, 0) is 57.6 Å². The highest BCUT2D eigenvalue weighted by Crippen LogP contribution is 2.18. The second-order valence-corrected chi connectivity index (χ2v) is 6.50. The molecule has 2 N–H and O–H groups in total. The lowest BCUT2D eigenvalue weighted by Gasteiger charge is -1.95. The molecular formula is C20H12BrNS. The fraction of sp³-hybridized carbons (Fsp3) is 0. The summed E-state index contributed by atoms with van der Waals surface area (Å²) >= 11 is 5.10. The van der Waals surface area contributed by atoms with Gasteiger partial charge >= 0.3 is 0 Å². The summed E-state index contributed by atoms with van der Waals surface area (Å²) in [6.45, 7) is 0. The van der Waals surface area contributed by atoms with Crippen LogP contribution in [0.1, 0.15) is 21.6 Å². The van der Waals surface area contributed by atoms with Crippen LogP contribution in [0.15, 0.2) is 64.5 Å². The standard InChI is InChI=1S/C20H12BrNS/c21-18-7-3-1-5-15(18)11-12-20-17(13-14-23-20)10-9-16-6-2-4-8-19(16)22/h1-8,13-14H,22H2. The first-order chi connectivity index (χ1) is 11.2. The molecule has 0 amide bonds. The SMILES string of the molecule is Nc1ccccc1C#Cc1ccsc1C#Cc1ccccc1Br. The van der Waals surface area contributed by atoms with E-state index in [1.165, 1.54) is 0 Å². The molecule has 0 saturated heterocycles. The van der Waals surface area contributed by atoms with E-state index in [2.05, 4.69) is 39.6 Å². The van der Waals surface area contributed by atoms with Crippen molar-refractivity contribution in [1.29, 1.82) is 0 Å². The topological polar surface area (TPSA) is 26.0 Å². The minimum atomic E-state index is 0.691. The highest BCUT2D eigenvalue weighted by molar-refractivity contribution is 9.10. The Morgan fingerprint density at radius 3 is 2.17 bits per heavy atom. The van der Waals surface area contributed by atoms with Crippen LogP contribution in [-0.4, -0.2) is 0 Å². The van der Waals surface area contributed by atoms with Crippen LogP contribution < -0.4 is 5.73 Å². The van der Waals surface area contributed by atoms with Gasteiger partial charge in [-0.15, -0.1) is 11.3 Å². The minimum Gasteiger partial charge on any atom is -0.398 e. The molecule has 0 saturated carbocycles. The van der Waals surface area contributed by atoms with Gasteiger partial charge in [0.25, 0.3) is 0 Å². The molecule has 1 heterocycles. The Bertz CT molecular complexity index is 886. The summed E-state index contributed by atoms with van der Waals surface area (Å²) in [5.74, 6) is 12.7. The van der Waals surface area contributed by atoms with Crippen molar-refractivity contribution in [2.75, 3.05) is 5.73 Å². The Labute approximate surface area is 148 Å². The van der Waals surface area contributed by atoms with Gasteiger partial charge in [-0.2, -0.15) is 0 Å². The summed E-state index contributed by atoms with van der Waals surface area (Å²) in [7, 11) is 0. The molecule has 0 radical (unpaired) electrons. The van der Waals surface area contributed by atoms with Gasteiger partial charge < -0.3 is 5.73 Å². The lowest BCUT2D eigenvalue weighted by Crippen LogP contribution is -1.88. The minimum absolute atomic E-state index is 0.691. The van der Waals surface area contributed by atoms with Crippen LogP contribution in [0.3, 0.4) is 0 Å². The Balaban J connectivity index is 1.91. The molecule has 2 aromatic carbocycles. The lowest BCUT2D eigenvalue weighted by molar-refractivity contribution is 1.59. The number of anilines is 1. The third kappa shape index (κ3) is 3.85. The van der Waals surface area contributed by atoms with Gasteiger partial charge in [0.1, 0.15) is 0 Å². The molecule has 0 bridgehead atoms. The zero-order valence-electron chi connectivity index (χ0n) is 12.1. The van der Waals surface area contributed by atoms with E-state index in [-0.39, 0.29) is 0 Å². The predicted molar refractivity (Wildman–Crippen MR) is 101 cm³/mol. The summed E-state index contributed by atoms with van der Waals surface area (Å²) in [5, 5.41) is 2.00. The van der Waals surface area contributed by atoms with Crippen LogP contribution in [0.2, 0.25) is 0 Å². The van der Waals surface area contributed by atoms with Crippen LogP contribution in [0.25, 0.3) is 0 Å². The van der Waals surface area contributed by atoms with Crippen molar-refractivity contribution in [3.63, 3.8) is 0 Å². The monoisotopic (exact) mass is 377 g/mol. The van der Waals surface area contributed by atoms with Gasteiger partial charge in [-0.1, -0.05) is 42.0 Å². The second kappa shape index (κ2) is 7.20. The van der Waals surface area contributed by atoms with Crippen LogP contribution in [0, 0.1) is 23.7 Å². The van der Waals surface area contributed by atoms with Gasteiger partial charge in [0, 0.05) is 21.3 Å². The summed E-state index contributed by atoms with van der Waals surface area (Å²) in [6.07, 6.45) is 0. The summed E-state index contributed by atoms with van der Waals surface area (Å²) in [6, 6.07) is 17.5. The maximum absolute atomic E-state index is 5.92. The molecule has 23 heavy (non-hydrogen) atoms. The summed E-state index contributed by atoms with van der Waals surface area (Å²) in [5.41, 5.74) is 9.34. The first-order valence-electron chi connectivity index (χ1n) is 6.94. The molecular weight excluding hydrogens is 366 g/mol. The number of hydrogen-bond acceptors (Lipinski definition) is 2. The normalized spacial score (nSPS) is 9.43. The Morgan fingerprint density at radius 2 is 1.39 bits per heavy atom. The summed E-state index contributed by atoms with van der Waals surface area (Å²) in [4.78, 5) is 0.961. The van der Waals surface area contributed by atoms with E-state index in [9.17, 15) is 0 Å². The average molecular weight is 378 g/mol. The largest absolute Gasteiger partial charge is 0.398 e. The van der Waals surface area contributed by atoms with Crippen molar-refractivity contribution in [3.8, 4) is 23.7 Å². The van der Waals surface area contributed by atoms with E-state index in [0.29, 0.717) is 5.69 Å². The number of hydrogen-bond donors (Lipinski definition) is 1. The van der Waals surface area contributed by atoms with Gasteiger partial charge in [-0.25, -0.2) is 0 Å². The molecule has 1 aromatic heterocycles. The number of benzene rings is 2. The average Bonchev–Trinajstić information content (AvgIpc) is 3.01. The molecule has 3 aromatic rings. The van der Waals surface area contributed by atoms with Crippen molar-refractivity contribution >= 4 is 33.0 Å². The molecule has 0 unspecified atom stereocenters. The van der Waals surface area contributed by atoms with Crippen molar-refractivity contribution < 1.29 is 0 Å². The number of nitrogen functional groups attached to an aromatic ring is 1. The number of rotatable bonds is 0. The van der Waals surface area contributed by atoms with E-state index in [0.717, 1.165) is 26.0 Å². The van der Waals surface area contributed by atoms with Gasteiger partial charge in [-0.3, -0.25) is 0 Å². The zero-order chi connectivity index (χ0) is 16.1. The van der Waals surface area contributed by atoms with Crippen LogP contribution >= 0.6 is 27.3 Å². The van der Waals surface area contributed by atoms with Crippen molar-refractivity contribution in [1.82, 2.24) is 0 Å². The molecule has 0 aliphatic rings. The van der Waals surface area contributed by atoms with Crippen molar-refractivity contribution in [3.05, 3.63) is 86.0 Å². The Kier molecular flexibility index (Phi) is 4.83. The molecule has 0 aliphatic carbocycles. The third-order valence-corrected chi connectivity index (χ3v) is 4.66. The van der Waals surface area contributed by atoms with Crippen LogP contribution in [0.4, 0.5) is 5.69 Å². The zero-order valence-corrected chi connectivity index (χ0v) is 14.5. The van der Waals surface area contributed by atoms with E-state index < -0.39 is 0 Å². The van der Waals surface area contributed by atoms with E-state index >= 15 is 0 Å². The summed E-state index contributed by atoms with van der Waals surface area (Å²) < 4.78 is 0.994. The first-order valence-corrected chi connectivity index (χ1v) is 8.62. The lowest BCUT2D eigenvalue weighted by atomic mass is 10.1. The fourth-order valence-electron chi connectivity index (χ4n) is 1.94. The molecule has 0 spiro atoms. The third-order valence-electron chi connectivity index (χ3n) is 3.14. The van der Waals surface area contributed by atoms with Gasteiger partial charge in [0.2, 0.25) is 0 Å². The van der Waals surface area contributed by atoms with Gasteiger partial charge in [0.15, 0.2) is 0 Å². The predicted octanol–water partition coefficient (Wildman–Crippen LogP) is 4.89. The molecule has 0 atom stereocenters. The highest BCUT2D eigenvalue weighted by atomic mass is 79.9. The molecule has 0 fully saturated rings. The molecule has 3 heteroatoms. The Hall–Kier alpha value is -2.46. The first kappa shape index (κ1) is 15.4. The number of thiophene rings is 1. The molecule has 1 nitrogen and oxygen atoms in total. The van der Waals surface area contributed by atoms with Crippen LogP contribution in [0.5, 0.6) is 0 Å². The maximum atomic E-state index is 5.92. The molecule has 3 rings (SSSR count). The Morgan fingerprint density at radius 1 is 0.739 bits per heavy atom. The van der Waals surface area contributed by atoms with Gasteiger partial charge in [0.05, 0.1) is 10.4 Å². The number of halogens is 1. The van der Waals surface area contributed by atoms with Crippen LogP contribution in [-0.2, 0) is 0 Å². The number of para-hydroxylation sites is 1. The van der Waals surface area contributed by atoms with E-state index in [1.54, 1.807) is 11.3 Å². The molecule has 0 aliphatic heterocycles. The van der Waals surface area contributed by atoms with E-state index in [1.807, 2.05) is 60.0 Å². The molecule has 110 valence electrons. The smallest absolute Gasteiger partial charge is 0.0928 e. The van der Waals surface area contributed by atoms with Crippen molar-refractivity contribution in [2.24, 2.45) is 0 Å².